The van der Waals surface area contributed by atoms with E-state index in [0.717, 1.165) is 29.7 Å². The molecule has 2 aromatic heterocycles. The number of nitrogens with one attached hydrogen (secondary N) is 2. The molecule has 2 aromatic rings. The SMILES string of the molecule is CCC(C)n1ncc2c(C(=O)NCCNC)cc(C)nc21. The van der Waals surface area contributed by atoms with Gasteiger partial charge >= 0.3 is 0 Å². The Hall–Kier alpha value is -1.95. The van der Waals surface area contributed by atoms with Crippen molar-refractivity contribution in [1.29, 1.82) is 0 Å². The third kappa shape index (κ3) is 3.21. The van der Waals surface area contributed by atoms with Gasteiger partial charge in [0.2, 0.25) is 0 Å². The Balaban J connectivity index is 2.40. The van der Waals surface area contributed by atoms with Crippen LogP contribution < -0.4 is 10.6 Å². The summed E-state index contributed by atoms with van der Waals surface area (Å²) in [5, 5.41) is 11.1. The van der Waals surface area contributed by atoms with Crippen LogP contribution in [0.4, 0.5) is 0 Å². The monoisotopic (exact) mass is 289 g/mol. The minimum Gasteiger partial charge on any atom is -0.351 e. The van der Waals surface area contributed by atoms with Crippen molar-refractivity contribution in [2.75, 3.05) is 20.1 Å². The molecule has 0 aromatic carbocycles. The highest BCUT2D eigenvalue weighted by atomic mass is 16.1. The Kier molecular flexibility index (Phi) is 4.90. The second-order valence-electron chi connectivity index (χ2n) is 5.25. The van der Waals surface area contributed by atoms with E-state index in [4.69, 9.17) is 0 Å². The van der Waals surface area contributed by atoms with Gasteiger partial charge in [0.25, 0.3) is 5.91 Å². The molecule has 6 nitrogen and oxygen atoms in total. The lowest BCUT2D eigenvalue weighted by atomic mass is 10.1. The van der Waals surface area contributed by atoms with E-state index in [1.165, 1.54) is 0 Å². The fourth-order valence-corrected chi connectivity index (χ4v) is 2.22. The van der Waals surface area contributed by atoms with Crippen molar-refractivity contribution in [3.05, 3.63) is 23.5 Å². The molecule has 0 spiro atoms. The first-order chi connectivity index (χ1) is 10.1. The molecule has 0 saturated carbocycles. The fourth-order valence-electron chi connectivity index (χ4n) is 2.22. The predicted molar refractivity (Wildman–Crippen MR) is 83.5 cm³/mol. The standard InChI is InChI=1S/C15H23N5O/c1-5-11(3)20-14-13(9-18-20)12(8-10(2)19-14)15(21)17-7-6-16-4/h8-9,11,16H,5-7H2,1-4H3,(H,17,21). The topological polar surface area (TPSA) is 71.8 Å². The number of carbonyl (C=O) groups is 1. The van der Waals surface area contributed by atoms with Crippen LogP contribution in [0.5, 0.6) is 0 Å². The summed E-state index contributed by atoms with van der Waals surface area (Å²) in [5.74, 6) is -0.0792. The van der Waals surface area contributed by atoms with E-state index < -0.39 is 0 Å². The molecular formula is C15H23N5O. The van der Waals surface area contributed by atoms with Crippen LogP contribution in [0, 0.1) is 6.92 Å². The molecule has 0 aliphatic rings. The van der Waals surface area contributed by atoms with Gasteiger partial charge in [-0.25, -0.2) is 9.67 Å². The van der Waals surface area contributed by atoms with Crippen molar-refractivity contribution in [3.8, 4) is 0 Å². The van der Waals surface area contributed by atoms with Crippen LogP contribution >= 0.6 is 0 Å². The molecule has 0 fully saturated rings. The van der Waals surface area contributed by atoms with E-state index in [9.17, 15) is 4.79 Å². The lowest BCUT2D eigenvalue weighted by molar-refractivity contribution is 0.0955. The Morgan fingerprint density at radius 2 is 2.19 bits per heavy atom. The van der Waals surface area contributed by atoms with E-state index in [0.29, 0.717) is 12.1 Å². The Morgan fingerprint density at radius 3 is 2.86 bits per heavy atom. The van der Waals surface area contributed by atoms with E-state index in [-0.39, 0.29) is 11.9 Å². The molecule has 114 valence electrons. The highest BCUT2D eigenvalue weighted by Crippen LogP contribution is 2.22. The van der Waals surface area contributed by atoms with Crippen LogP contribution in [0.3, 0.4) is 0 Å². The van der Waals surface area contributed by atoms with E-state index in [2.05, 4.69) is 34.6 Å². The van der Waals surface area contributed by atoms with Gasteiger partial charge < -0.3 is 10.6 Å². The number of hydrogen-bond donors (Lipinski definition) is 2. The van der Waals surface area contributed by atoms with Crippen molar-refractivity contribution < 1.29 is 4.79 Å². The molecule has 0 bridgehead atoms. The minimum absolute atomic E-state index is 0.0792. The zero-order valence-corrected chi connectivity index (χ0v) is 13.1. The molecule has 0 aliphatic heterocycles. The summed E-state index contributed by atoms with van der Waals surface area (Å²) in [7, 11) is 1.86. The summed E-state index contributed by atoms with van der Waals surface area (Å²) >= 11 is 0. The maximum atomic E-state index is 12.3. The summed E-state index contributed by atoms with van der Waals surface area (Å²) in [6.45, 7) is 7.45. The molecule has 2 rings (SSSR count). The third-order valence-corrected chi connectivity index (χ3v) is 3.61. The Morgan fingerprint density at radius 1 is 1.43 bits per heavy atom. The molecule has 1 atom stereocenters. The fraction of sp³-hybridized carbons (Fsp3) is 0.533. The number of hydrogen-bond acceptors (Lipinski definition) is 4. The molecule has 6 heteroatoms. The summed E-state index contributed by atoms with van der Waals surface area (Å²) in [5.41, 5.74) is 2.25. The molecule has 0 aliphatic carbocycles. The number of likely N-dealkylation sites (N-methyl/N-ethyl adjacent to an activating group) is 1. The second kappa shape index (κ2) is 6.67. The average Bonchev–Trinajstić information content (AvgIpc) is 2.89. The molecule has 2 heterocycles. The molecular weight excluding hydrogens is 266 g/mol. The Labute approximate surface area is 124 Å². The molecule has 21 heavy (non-hydrogen) atoms. The second-order valence-corrected chi connectivity index (χ2v) is 5.25. The van der Waals surface area contributed by atoms with Crippen LogP contribution in [0.1, 0.15) is 42.4 Å². The first-order valence-electron chi connectivity index (χ1n) is 7.36. The number of aryl methyl sites for hydroxylation is 1. The van der Waals surface area contributed by atoms with Gasteiger partial charge in [0, 0.05) is 18.8 Å². The average molecular weight is 289 g/mol. The van der Waals surface area contributed by atoms with Crippen LogP contribution in [0.25, 0.3) is 11.0 Å². The number of fused-ring (bicyclic) bond motifs is 1. The van der Waals surface area contributed by atoms with E-state index in [1.54, 1.807) is 6.20 Å². The molecule has 0 saturated heterocycles. The van der Waals surface area contributed by atoms with Gasteiger partial charge in [0.15, 0.2) is 5.65 Å². The molecule has 2 N–H and O–H groups in total. The smallest absolute Gasteiger partial charge is 0.252 e. The first kappa shape index (κ1) is 15.4. The van der Waals surface area contributed by atoms with Crippen LogP contribution in [0.15, 0.2) is 12.3 Å². The zero-order valence-electron chi connectivity index (χ0n) is 13.1. The van der Waals surface area contributed by atoms with Crippen LogP contribution in [0.2, 0.25) is 0 Å². The predicted octanol–water partition coefficient (Wildman–Crippen LogP) is 1.66. The molecule has 1 amide bonds. The molecule has 1 unspecified atom stereocenters. The van der Waals surface area contributed by atoms with E-state index in [1.807, 2.05) is 24.7 Å². The van der Waals surface area contributed by atoms with Gasteiger partial charge in [0.05, 0.1) is 23.2 Å². The number of nitrogens with zero attached hydrogens (tertiary/aromatic N) is 3. The third-order valence-electron chi connectivity index (χ3n) is 3.61. The largest absolute Gasteiger partial charge is 0.351 e. The van der Waals surface area contributed by atoms with Crippen molar-refractivity contribution in [1.82, 2.24) is 25.4 Å². The first-order valence-corrected chi connectivity index (χ1v) is 7.36. The van der Waals surface area contributed by atoms with Gasteiger partial charge in [0.1, 0.15) is 0 Å². The summed E-state index contributed by atoms with van der Waals surface area (Å²) in [6, 6.07) is 2.08. The summed E-state index contributed by atoms with van der Waals surface area (Å²) in [6.07, 6.45) is 2.71. The highest BCUT2D eigenvalue weighted by Gasteiger charge is 2.17. The normalized spacial score (nSPS) is 12.6. The number of rotatable bonds is 6. The van der Waals surface area contributed by atoms with Crippen molar-refractivity contribution in [2.45, 2.75) is 33.2 Å². The van der Waals surface area contributed by atoms with Crippen LogP contribution in [-0.2, 0) is 0 Å². The minimum atomic E-state index is -0.0792. The van der Waals surface area contributed by atoms with Gasteiger partial charge in [-0.3, -0.25) is 4.79 Å². The van der Waals surface area contributed by atoms with Crippen LogP contribution in [-0.4, -0.2) is 40.8 Å². The lowest BCUT2D eigenvalue weighted by Gasteiger charge is -2.11. The number of pyridine rings is 1. The number of carbonyl (C=O) groups excluding carboxylic acids is 1. The number of aromatic nitrogens is 3. The van der Waals surface area contributed by atoms with Gasteiger partial charge in [-0.2, -0.15) is 5.10 Å². The summed E-state index contributed by atoms with van der Waals surface area (Å²) in [4.78, 5) is 16.9. The lowest BCUT2D eigenvalue weighted by Crippen LogP contribution is -2.30. The highest BCUT2D eigenvalue weighted by molar-refractivity contribution is 6.05. The summed E-state index contributed by atoms with van der Waals surface area (Å²) < 4.78 is 1.90. The quantitative estimate of drug-likeness (QED) is 0.793. The Bertz CT molecular complexity index is 634. The van der Waals surface area contributed by atoms with Crippen molar-refractivity contribution in [2.24, 2.45) is 0 Å². The van der Waals surface area contributed by atoms with Gasteiger partial charge in [-0.15, -0.1) is 0 Å². The van der Waals surface area contributed by atoms with Gasteiger partial charge in [-0.1, -0.05) is 6.92 Å². The maximum absolute atomic E-state index is 12.3. The maximum Gasteiger partial charge on any atom is 0.252 e. The van der Waals surface area contributed by atoms with Crippen molar-refractivity contribution >= 4 is 16.9 Å². The van der Waals surface area contributed by atoms with E-state index >= 15 is 0 Å². The van der Waals surface area contributed by atoms with Gasteiger partial charge in [-0.05, 0) is 33.4 Å². The number of amides is 1. The van der Waals surface area contributed by atoms with Crippen molar-refractivity contribution in [3.63, 3.8) is 0 Å². The molecule has 0 radical (unpaired) electrons. The zero-order chi connectivity index (χ0) is 15.4.